The van der Waals surface area contributed by atoms with E-state index in [0.29, 0.717) is 13.1 Å². The second kappa shape index (κ2) is 7.30. The summed E-state index contributed by atoms with van der Waals surface area (Å²) in [4.78, 5) is 11.3. The van der Waals surface area contributed by atoms with Crippen molar-refractivity contribution in [1.82, 2.24) is 10.6 Å². The van der Waals surface area contributed by atoms with E-state index in [0.717, 1.165) is 29.1 Å². The number of carbonyl (C=O) groups excluding carboxylic acids is 1. The maximum atomic E-state index is 11.3. The normalized spacial score (nSPS) is 10.3. The number of nitrogens with one attached hydrogen (secondary N) is 2. The molecule has 1 aromatic rings. The van der Waals surface area contributed by atoms with Crippen molar-refractivity contribution < 1.29 is 4.79 Å². The van der Waals surface area contributed by atoms with Crippen LogP contribution < -0.4 is 10.6 Å². The van der Waals surface area contributed by atoms with E-state index in [9.17, 15) is 4.79 Å². The smallest absolute Gasteiger partial charge is 0.233 e. The second-order valence-electron chi connectivity index (χ2n) is 4.02. The molecule has 0 bridgehead atoms. The van der Waals surface area contributed by atoms with Gasteiger partial charge in [-0.05, 0) is 36.6 Å². The molecule has 0 saturated carbocycles. The maximum Gasteiger partial charge on any atom is 0.233 e. The first-order valence-electron chi connectivity index (χ1n) is 5.86. The van der Waals surface area contributed by atoms with Crippen LogP contribution in [0.25, 0.3) is 0 Å². The van der Waals surface area contributed by atoms with Gasteiger partial charge in [-0.15, -0.1) is 0 Å². The molecule has 3 nitrogen and oxygen atoms in total. The zero-order valence-electron chi connectivity index (χ0n) is 10.3. The highest BCUT2D eigenvalue weighted by atomic mass is 35.5. The molecule has 4 heteroatoms. The van der Waals surface area contributed by atoms with Crippen LogP contribution in [0.2, 0.25) is 5.02 Å². The average Bonchev–Trinajstić information content (AvgIpc) is 2.29. The lowest BCUT2D eigenvalue weighted by Gasteiger charge is -2.08. The molecule has 0 atom stereocenters. The molecule has 1 amide bonds. The van der Waals surface area contributed by atoms with Gasteiger partial charge < -0.3 is 10.6 Å². The maximum absolute atomic E-state index is 11.3. The van der Waals surface area contributed by atoms with Crippen LogP contribution in [-0.4, -0.2) is 19.0 Å². The van der Waals surface area contributed by atoms with E-state index < -0.39 is 0 Å². The number of hydrogen-bond donors (Lipinski definition) is 2. The average molecular weight is 255 g/mol. The van der Waals surface area contributed by atoms with Crippen LogP contribution in [0.5, 0.6) is 0 Å². The van der Waals surface area contributed by atoms with Crippen LogP contribution in [0.1, 0.15) is 24.5 Å². The van der Waals surface area contributed by atoms with Crippen LogP contribution in [-0.2, 0) is 11.3 Å². The first kappa shape index (κ1) is 14.0. The van der Waals surface area contributed by atoms with E-state index >= 15 is 0 Å². The molecule has 1 rings (SSSR count). The van der Waals surface area contributed by atoms with Crippen molar-refractivity contribution in [3.05, 3.63) is 34.3 Å². The number of carbonyl (C=O) groups is 1. The summed E-state index contributed by atoms with van der Waals surface area (Å²) in [6.07, 6.45) is 0.960. The van der Waals surface area contributed by atoms with Gasteiger partial charge in [0.1, 0.15) is 0 Å². The van der Waals surface area contributed by atoms with Crippen molar-refractivity contribution in [2.24, 2.45) is 0 Å². The molecular formula is C13H19ClN2O. The number of benzene rings is 1. The lowest BCUT2D eigenvalue weighted by Crippen LogP contribution is -2.34. The molecule has 0 saturated heterocycles. The fraction of sp³-hybridized carbons (Fsp3) is 0.462. The van der Waals surface area contributed by atoms with Gasteiger partial charge in [0.2, 0.25) is 5.91 Å². The summed E-state index contributed by atoms with van der Waals surface area (Å²) in [6, 6.07) is 5.77. The number of halogens is 1. The van der Waals surface area contributed by atoms with E-state index in [1.807, 2.05) is 32.0 Å². The summed E-state index contributed by atoms with van der Waals surface area (Å²) in [7, 11) is 0. The first-order chi connectivity index (χ1) is 8.13. The predicted octanol–water partition coefficient (Wildman–Crippen LogP) is 2.26. The predicted molar refractivity (Wildman–Crippen MR) is 71.2 cm³/mol. The molecular weight excluding hydrogens is 236 g/mol. The molecule has 94 valence electrons. The second-order valence-corrected chi connectivity index (χ2v) is 4.46. The number of aryl methyl sites for hydroxylation is 1. The van der Waals surface area contributed by atoms with Crippen LogP contribution in [0.4, 0.5) is 0 Å². The molecule has 0 radical (unpaired) electrons. The van der Waals surface area contributed by atoms with Gasteiger partial charge in [-0.1, -0.05) is 24.6 Å². The summed E-state index contributed by atoms with van der Waals surface area (Å²) in [5.41, 5.74) is 2.30. The summed E-state index contributed by atoms with van der Waals surface area (Å²) in [6.45, 7) is 5.82. The lowest BCUT2D eigenvalue weighted by atomic mass is 10.1. The molecule has 1 aromatic carbocycles. The third kappa shape index (κ3) is 5.20. The fourth-order valence-corrected chi connectivity index (χ4v) is 1.72. The monoisotopic (exact) mass is 254 g/mol. The van der Waals surface area contributed by atoms with Crippen LogP contribution in [0, 0.1) is 6.92 Å². The molecule has 0 aliphatic rings. The molecule has 0 aliphatic carbocycles. The molecule has 0 unspecified atom stereocenters. The Bertz CT molecular complexity index is 380. The Morgan fingerprint density at radius 1 is 1.41 bits per heavy atom. The van der Waals surface area contributed by atoms with Crippen LogP contribution >= 0.6 is 11.6 Å². The zero-order valence-corrected chi connectivity index (χ0v) is 11.1. The van der Waals surface area contributed by atoms with E-state index in [-0.39, 0.29) is 5.91 Å². The molecule has 0 heterocycles. The van der Waals surface area contributed by atoms with E-state index in [1.54, 1.807) is 0 Å². The van der Waals surface area contributed by atoms with Crippen molar-refractivity contribution in [3.8, 4) is 0 Å². The minimum Gasteiger partial charge on any atom is -0.355 e. The van der Waals surface area contributed by atoms with Crippen LogP contribution in [0.15, 0.2) is 18.2 Å². The third-order valence-electron chi connectivity index (χ3n) is 2.48. The summed E-state index contributed by atoms with van der Waals surface area (Å²) in [5, 5.41) is 6.68. The van der Waals surface area contributed by atoms with Gasteiger partial charge in [0.15, 0.2) is 0 Å². The molecule has 0 spiro atoms. The van der Waals surface area contributed by atoms with Gasteiger partial charge in [-0.3, -0.25) is 4.79 Å². The lowest BCUT2D eigenvalue weighted by molar-refractivity contribution is -0.120. The topological polar surface area (TPSA) is 41.1 Å². The molecule has 0 fully saturated rings. The van der Waals surface area contributed by atoms with Gasteiger partial charge in [-0.2, -0.15) is 0 Å². The van der Waals surface area contributed by atoms with Gasteiger partial charge >= 0.3 is 0 Å². The van der Waals surface area contributed by atoms with Gasteiger partial charge in [0.05, 0.1) is 6.54 Å². The van der Waals surface area contributed by atoms with Gasteiger partial charge in [0.25, 0.3) is 0 Å². The van der Waals surface area contributed by atoms with Crippen molar-refractivity contribution >= 4 is 17.5 Å². The van der Waals surface area contributed by atoms with Crippen molar-refractivity contribution in [3.63, 3.8) is 0 Å². The van der Waals surface area contributed by atoms with Crippen molar-refractivity contribution in [2.75, 3.05) is 13.1 Å². The van der Waals surface area contributed by atoms with E-state index in [2.05, 4.69) is 10.6 Å². The third-order valence-corrected chi connectivity index (χ3v) is 2.71. The van der Waals surface area contributed by atoms with Gasteiger partial charge in [-0.25, -0.2) is 0 Å². The standard InChI is InChI=1S/C13H19ClN2O/c1-3-6-16-13(17)9-15-8-11-4-5-12(14)7-10(11)2/h4-5,7,15H,3,6,8-9H2,1-2H3,(H,16,17). The molecule has 2 N–H and O–H groups in total. The highest BCUT2D eigenvalue weighted by molar-refractivity contribution is 6.30. The zero-order chi connectivity index (χ0) is 12.7. The van der Waals surface area contributed by atoms with E-state index in [4.69, 9.17) is 11.6 Å². The summed E-state index contributed by atoms with van der Waals surface area (Å²) >= 11 is 5.87. The Hall–Kier alpha value is -1.06. The fourth-order valence-electron chi connectivity index (χ4n) is 1.50. The summed E-state index contributed by atoms with van der Waals surface area (Å²) in [5.74, 6) is 0.0402. The number of amides is 1. The minimum atomic E-state index is 0.0402. The quantitative estimate of drug-likeness (QED) is 0.818. The molecule has 17 heavy (non-hydrogen) atoms. The Balaban J connectivity index is 2.33. The Morgan fingerprint density at radius 3 is 2.82 bits per heavy atom. The Labute approximate surface area is 108 Å². The number of rotatable bonds is 6. The Kier molecular flexibility index (Phi) is 6.01. The number of hydrogen-bond acceptors (Lipinski definition) is 2. The first-order valence-corrected chi connectivity index (χ1v) is 6.23. The SMILES string of the molecule is CCCNC(=O)CNCc1ccc(Cl)cc1C. The van der Waals surface area contributed by atoms with Crippen LogP contribution in [0.3, 0.4) is 0 Å². The molecule has 0 aliphatic heterocycles. The minimum absolute atomic E-state index is 0.0402. The van der Waals surface area contributed by atoms with Crippen molar-refractivity contribution in [1.29, 1.82) is 0 Å². The highest BCUT2D eigenvalue weighted by Gasteiger charge is 2.01. The van der Waals surface area contributed by atoms with E-state index in [1.165, 1.54) is 0 Å². The molecule has 0 aromatic heterocycles. The highest BCUT2D eigenvalue weighted by Crippen LogP contribution is 2.14. The van der Waals surface area contributed by atoms with Gasteiger partial charge in [0, 0.05) is 18.1 Å². The Morgan fingerprint density at radius 2 is 2.18 bits per heavy atom. The van der Waals surface area contributed by atoms with Crippen molar-refractivity contribution in [2.45, 2.75) is 26.8 Å². The summed E-state index contributed by atoms with van der Waals surface area (Å²) < 4.78 is 0. The largest absolute Gasteiger partial charge is 0.355 e.